The molecule has 1 atom stereocenters. The Bertz CT molecular complexity index is 841. The lowest BCUT2D eigenvalue weighted by atomic mass is 10.0. The summed E-state index contributed by atoms with van der Waals surface area (Å²) in [6.45, 7) is 4.57. The molecule has 0 aliphatic rings. The average molecular weight is 366 g/mol. The molecule has 0 bridgehead atoms. The summed E-state index contributed by atoms with van der Waals surface area (Å²) in [6, 6.07) is 20.9. The topological polar surface area (TPSA) is 45.7 Å². The Balaban J connectivity index is 1.70. The molecule has 0 spiro atoms. The quantitative estimate of drug-likeness (QED) is 0.655. The zero-order valence-corrected chi connectivity index (χ0v) is 16.1. The second-order valence-corrected chi connectivity index (χ2v) is 7.38. The number of thiophene rings is 1. The van der Waals surface area contributed by atoms with Crippen molar-refractivity contribution in [3.05, 3.63) is 87.6 Å². The van der Waals surface area contributed by atoms with E-state index in [2.05, 4.69) is 72.3 Å². The van der Waals surface area contributed by atoms with Crippen LogP contribution in [0.25, 0.3) is 0 Å². The highest BCUT2D eigenvalue weighted by Crippen LogP contribution is 2.23. The molecule has 0 saturated carbocycles. The first kappa shape index (κ1) is 18.4. The number of para-hydroxylation sites is 1. The Morgan fingerprint density at radius 1 is 1.08 bits per heavy atom. The first-order valence-electron chi connectivity index (χ1n) is 8.98. The van der Waals surface area contributed by atoms with E-state index in [4.69, 9.17) is 0 Å². The lowest BCUT2D eigenvalue weighted by Gasteiger charge is -2.15. The molecule has 3 nitrogen and oxygen atoms in total. The van der Waals surface area contributed by atoms with Gasteiger partial charge in [-0.3, -0.25) is 4.79 Å². The van der Waals surface area contributed by atoms with Crippen LogP contribution < -0.4 is 10.6 Å². The second-order valence-electron chi connectivity index (χ2n) is 6.40. The zero-order valence-electron chi connectivity index (χ0n) is 15.2. The molecular weight excluding hydrogens is 340 g/mol. The minimum absolute atomic E-state index is 0.0274. The van der Waals surface area contributed by atoms with Crippen molar-refractivity contribution in [2.24, 2.45) is 0 Å². The molecule has 2 aromatic carbocycles. The van der Waals surface area contributed by atoms with Crippen LogP contribution in [0.3, 0.4) is 0 Å². The fourth-order valence-electron chi connectivity index (χ4n) is 3.04. The van der Waals surface area contributed by atoms with Gasteiger partial charge in [-0.2, -0.15) is 0 Å². The zero-order chi connectivity index (χ0) is 18.4. The van der Waals surface area contributed by atoms with Crippen LogP contribution in [-0.4, -0.2) is 12.5 Å². The Kier molecular flexibility index (Phi) is 6.21. The molecule has 0 aliphatic heterocycles. The van der Waals surface area contributed by atoms with Crippen molar-refractivity contribution in [1.82, 2.24) is 0 Å². The molecule has 4 heteroatoms. The van der Waals surface area contributed by atoms with Gasteiger partial charge >= 0.3 is 0 Å². The molecule has 1 amide bonds. The predicted molar refractivity (Wildman–Crippen MR) is 109 cm³/mol. The van der Waals surface area contributed by atoms with Crippen molar-refractivity contribution in [2.45, 2.75) is 26.3 Å². The minimum atomic E-state index is 0.0274. The second kappa shape index (κ2) is 8.79. The lowest BCUT2D eigenvalue weighted by molar-refractivity contribution is -0.675. The average Bonchev–Trinajstić information content (AvgIpc) is 3.18. The number of aryl methyl sites for hydroxylation is 2. The van der Waals surface area contributed by atoms with Gasteiger partial charge in [0.2, 0.25) is 0 Å². The molecule has 0 aliphatic carbocycles. The summed E-state index contributed by atoms with van der Waals surface area (Å²) in [5.41, 5.74) is 4.54. The molecular formula is C22H25N2OS+. The Labute approximate surface area is 159 Å². The highest BCUT2D eigenvalue weighted by atomic mass is 32.1. The SMILES string of the molecule is CCc1ccccc1NC(=O)C[NH2+][C@@H](c1ccc(C)cc1)c1cccs1. The maximum Gasteiger partial charge on any atom is 0.279 e. The third-order valence-corrected chi connectivity index (χ3v) is 5.45. The molecule has 134 valence electrons. The van der Waals surface area contributed by atoms with E-state index in [1.165, 1.54) is 16.0 Å². The van der Waals surface area contributed by atoms with E-state index in [-0.39, 0.29) is 11.9 Å². The third kappa shape index (κ3) is 4.59. The normalized spacial score (nSPS) is 11.9. The van der Waals surface area contributed by atoms with Gasteiger partial charge in [0.05, 0.1) is 4.88 Å². The van der Waals surface area contributed by atoms with Crippen molar-refractivity contribution in [3.63, 3.8) is 0 Å². The van der Waals surface area contributed by atoms with Crippen molar-refractivity contribution in [3.8, 4) is 0 Å². The molecule has 26 heavy (non-hydrogen) atoms. The summed E-state index contributed by atoms with van der Waals surface area (Å²) < 4.78 is 0. The summed E-state index contributed by atoms with van der Waals surface area (Å²) in [4.78, 5) is 13.8. The molecule has 1 aromatic heterocycles. The highest BCUT2D eigenvalue weighted by Gasteiger charge is 2.20. The van der Waals surface area contributed by atoms with Crippen LogP contribution in [0.5, 0.6) is 0 Å². The van der Waals surface area contributed by atoms with Gasteiger partial charge in [-0.25, -0.2) is 0 Å². The summed E-state index contributed by atoms with van der Waals surface area (Å²) in [5.74, 6) is 0.0274. The van der Waals surface area contributed by atoms with Gasteiger partial charge < -0.3 is 10.6 Å². The van der Waals surface area contributed by atoms with Gasteiger partial charge in [-0.05, 0) is 36.4 Å². The fourth-order valence-corrected chi connectivity index (χ4v) is 3.89. The van der Waals surface area contributed by atoms with Gasteiger partial charge in [0, 0.05) is 11.3 Å². The number of rotatable bonds is 7. The monoisotopic (exact) mass is 365 g/mol. The van der Waals surface area contributed by atoms with Gasteiger partial charge in [-0.15, -0.1) is 11.3 Å². The molecule has 0 radical (unpaired) electrons. The van der Waals surface area contributed by atoms with Crippen LogP contribution in [0.4, 0.5) is 5.69 Å². The molecule has 0 fully saturated rings. The van der Waals surface area contributed by atoms with Crippen molar-refractivity contribution in [1.29, 1.82) is 0 Å². The van der Waals surface area contributed by atoms with Gasteiger partial charge in [0.15, 0.2) is 6.54 Å². The Hall–Kier alpha value is -2.43. The Morgan fingerprint density at radius 2 is 1.85 bits per heavy atom. The number of carbonyl (C=O) groups is 1. The first-order valence-corrected chi connectivity index (χ1v) is 9.86. The fraction of sp³-hybridized carbons (Fsp3) is 0.227. The summed E-state index contributed by atoms with van der Waals surface area (Å²) in [7, 11) is 0. The number of hydrogen-bond acceptors (Lipinski definition) is 2. The molecule has 3 N–H and O–H groups in total. The van der Waals surface area contributed by atoms with Crippen LogP contribution in [0.15, 0.2) is 66.0 Å². The largest absolute Gasteiger partial charge is 0.328 e. The number of nitrogens with two attached hydrogens (primary N) is 1. The van der Waals surface area contributed by atoms with Crippen molar-refractivity contribution < 1.29 is 10.1 Å². The maximum absolute atomic E-state index is 12.5. The number of anilines is 1. The van der Waals surface area contributed by atoms with E-state index >= 15 is 0 Å². The molecule has 3 aromatic rings. The van der Waals surface area contributed by atoms with E-state index in [0.717, 1.165) is 17.7 Å². The summed E-state index contributed by atoms with van der Waals surface area (Å²) in [6.07, 6.45) is 0.904. The molecule has 0 unspecified atom stereocenters. The number of carbonyl (C=O) groups excluding carboxylic acids is 1. The summed E-state index contributed by atoms with van der Waals surface area (Å²) in [5, 5.41) is 7.25. The van der Waals surface area contributed by atoms with Crippen LogP contribution >= 0.6 is 11.3 Å². The maximum atomic E-state index is 12.5. The van der Waals surface area contributed by atoms with Crippen molar-refractivity contribution >= 4 is 22.9 Å². The van der Waals surface area contributed by atoms with E-state index in [9.17, 15) is 4.79 Å². The molecule has 0 saturated heterocycles. The number of hydrogen-bond donors (Lipinski definition) is 2. The summed E-state index contributed by atoms with van der Waals surface area (Å²) >= 11 is 1.73. The van der Waals surface area contributed by atoms with E-state index in [1.54, 1.807) is 11.3 Å². The van der Waals surface area contributed by atoms with E-state index in [0.29, 0.717) is 6.54 Å². The number of quaternary nitrogens is 1. The van der Waals surface area contributed by atoms with Gasteiger partial charge in [0.1, 0.15) is 6.04 Å². The number of nitrogens with one attached hydrogen (secondary N) is 1. The highest BCUT2D eigenvalue weighted by molar-refractivity contribution is 7.10. The number of amides is 1. The van der Waals surface area contributed by atoms with Crippen LogP contribution in [0, 0.1) is 6.92 Å². The van der Waals surface area contributed by atoms with Gasteiger partial charge in [0.25, 0.3) is 5.91 Å². The van der Waals surface area contributed by atoms with Crippen LogP contribution in [0.1, 0.15) is 34.5 Å². The van der Waals surface area contributed by atoms with E-state index < -0.39 is 0 Å². The standard InChI is InChI=1S/C22H24N2OS/c1-3-17-7-4-5-8-19(17)24-21(25)15-23-22(20-9-6-14-26-20)18-12-10-16(2)11-13-18/h4-14,22-23H,3,15H2,1-2H3,(H,24,25)/p+1/t22-/m0/s1. The van der Waals surface area contributed by atoms with Gasteiger partial charge in [-0.1, -0.05) is 61.0 Å². The van der Waals surface area contributed by atoms with E-state index in [1.807, 2.05) is 18.2 Å². The Morgan fingerprint density at radius 3 is 2.54 bits per heavy atom. The minimum Gasteiger partial charge on any atom is -0.328 e. The lowest BCUT2D eigenvalue weighted by Crippen LogP contribution is -2.87. The molecule has 3 rings (SSSR count). The van der Waals surface area contributed by atoms with Crippen LogP contribution in [0.2, 0.25) is 0 Å². The van der Waals surface area contributed by atoms with Crippen LogP contribution in [-0.2, 0) is 11.2 Å². The number of benzene rings is 2. The third-order valence-electron chi connectivity index (χ3n) is 4.50. The smallest absolute Gasteiger partial charge is 0.279 e. The predicted octanol–water partition coefficient (Wildman–Crippen LogP) is 3.91. The first-order chi connectivity index (χ1) is 12.7. The molecule has 1 heterocycles. The van der Waals surface area contributed by atoms with Crippen molar-refractivity contribution in [2.75, 3.05) is 11.9 Å².